The summed E-state index contributed by atoms with van der Waals surface area (Å²) < 4.78 is 5.31. The van der Waals surface area contributed by atoms with E-state index < -0.39 is 0 Å². The smallest absolute Gasteiger partial charge is 0.246 e. The third-order valence-electron chi connectivity index (χ3n) is 6.03. The second-order valence-electron chi connectivity index (χ2n) is 7.53. The number of carbonyl (C=O) groups is 1. The Labute approximate surface area is 160 Å². The number of benzene rings is 1. The molecule has 6 heteroatoms. The normalized spacial score (nSPS) is 24.9. The first kappa shape index (κ1) is 18.2. The van der Waals surface area contributed by atoms with Crippen molar-refractivity contribution in [1.29, 1.82) is 0 Å². The lowest BCUT2D eigenvalue weighted by Gasteiger charge is -2.26. The van der Waals surface area contributed by atoms with Gasteiger partial charge in [0.15, 0.2) is 5.82 Å². The number of rotatable bonds is 6. The molecule has 1 aromatic carbocycles. The summed E-state index contributed by atoms with van der Waals surface area (Å²) in [6.07, 6.45) is 3.92. The third-order valence-corrected chi connectivity index (χ3v) is 6.03. The molecule has 0 unspecified atom stereocenters. The van der Waals surface area contributed by atoms with Crippen LogP contribution in [0.3, 0.4) is 0 Å². The molecule has 1 aromatic heterocycles. The van der Waals surface area contributed by atoms with E-state index in [1.165, 1.54) is 12.0 Å². The highest BCUT2D eigenvalue weighted by molar-refractivity contribution is 5.80. The molecular weight excluding hydrogens is 340 g/mol. The number of hydrogen-bond acceptors (Lipinski definition) is 5. The Kier molecular flexibility index (Phi) is 5.25. The van der Waals surface area contributed by atoms with Crippen LogP contribution >= 0.6 is 0 Å². The molecule has 0 bridgehead atoms. The van der Waals surface area contributed by atoms with Crippen LogP contribution in [-0.2, 0) is 17.8 Å². The molecule has 144 valence electrons. The SMILES string of the molecule is CCc1noc(CN(CC)C(=O)[C@@H]2C[C@H](c3ccccc3)N3CCC[C@@H]23)n1. The summed E-state index contributed by atoms with van der Waals surface area (Å²) in [7, 11) is 0. The van der Waals surface area contributed by atoms with Crippen molar-refractivity contribution < 1.29 is 9.32 Å². The van der Waals surface area contributed by atoms with Gasteiger partial charge < -0.3 is 9.42 Å². The fraction of sp³-hybridized carbons (Fsp3) is 0.571. The molecule has 0 radical (unpaired) electrons. The minimum absolute atomic E-state index is 0.0474. The summed E-state index contributed by atoms with van der Waals surface area (Å²) >= 11 is 0. The maximum atomic E-state index is 13.4. The van der Waals surface area contributed by atoms with Gasteiger partial charge in [-0.05, 0) is 38.3 Å². The molecule has 3 atom stereocenters. The number of hydrogen-bond donors (Lipinski definition) is 0. The molecule has 4 rings (SSSR count). The zero-order valence-electron chi connectivity index (χ0n) is 16.2. The summed E-state index contributed by atoms with van der Waals surface area (Å²) in [5.74, 6) is 1.50. The van der Waals surface area contributed by atoms with E-state index in [2.05, 4.69) is 45.4 Å². The highest BCUT2D eigenvalue weighted by atomic mass is 16.5. The predicted molar refractivity (Wildman–Crippen MR) is 102 cm³/mol. The fourth-order valence-corrected chi connectivity index (χ4v) is 4.68. The van der Waals surface area contributed by atoms with Crippen LogP contribution < -0.4 is 0 Å². The standard InChI is InChI=1S/C21H28N4O2/c1-3-19-22-20(27-23-19)14-24(4-2)21(26)16-13-18(15-9-6-5-7-10-15)25-12-8-11-17(16)25/h5-7,9-10,16-18H,3-4,8,11-14H2,1-2H3/t16-,17+,18-/m1/s1. The molecule has 2 aliphatic heterocycles. The lowest BCUT2D eigenvalue weighted by atomic mass is 9.93. The first-order valence-corrected chi connectivity index (χ1v) is 10.1. The molecule has 0 spiro atoms. The van der Waals surface area contributed by atoms with Gasteiger partial charge >= 0.3 is 0 Å². The molecule has 0 aliphatic carbocycles. The zero-order valence-corrected chi connectivity index (χ0v) is 16.2. The van der Waals surface area contributed by atoms with Crippen molar-refractivity contribution >= 4 is 5.91 Å². The number of carbonyl (C=O) groups excluding carboxylic acids is 1. The van der Waals surface area contributed by atoms with Crippen LogP contribution in [0.25, 0.3) is 0 Å². The van der Waals surface area contributed by atoms with E-state index in [0.29, 0.717) is 36.9 Å². The van der Waals surface area contributed by atoms with E-state index in [-0.39, 0.29) is 11.8 Å². The van der Waals surface area contributed by atoms with Crippen molar-refractivity contribution in [2.24, 2.45) is 5.92 Å². The molecule has 3 heterocycles. The van der Waals surface area contributed by atoms with Crippen molar-refractivity contribution in [1.82, 2.24) is 19.9 Å². The maximum absolute atomic E-state index is 13.4. The van der Waals surface area contributed by atoms with E-state index in [0.717, 1.165) is 25.8 Å². The first-order chi connectivity index (χ1) is 13.2. The molecule has 1 amide bonds. The molecule has 0 N–H and O–H groups in total. The number of amides is 1. The Balaban J connectivity index is 1.51. The van der Waals surface area contributed by atoms with Gasteiger partial charge in [0, 0.05) is 25.0 Å². The maximum Gasteiger partial charge on any atom is 0.246 e. The van der Waals surface area contributed by atoms with Crippen molar-refractivity contribution in [3.8, 4) is 0 Å². The van der Waals surface area contributed by atoms with Gasteiger partial charge in [-0.25, -0.2) is 0 Å². The molecule has 2 aromatic rings. The number of aryl methyl sites for hydroxylation is 1. The van der Waals surface area contributed by atoms with Gasteiger partial charge in [-0.2, -0.15) is 4.98 Å². The molecule has 6 nitrogen and oxygen atoms in total. The molecule has 27 heavy (non-hydrogen) atoms. The largest absolute Gasteiger partial charge is 0.337 e. The number of fused-ring (bicyclic) bond motifs is 1. The Morgan fingerprint density at radius 1 is 1.30 bits per heavy atom. The zero-order chi connectivity index (χ0) is 18.8. The van der Waals surface area contributed by atoms with Gasteiger partial charge in [0.05, 0.1) is 12.5 Å². The summed E-state index contributed by atoms with van der Waals surface area (Å²) in [6.45, 7) is 6.16. The van der Waals surface area contributed by atoms with Gasteiger partial charge in [0.2, 0.25) is 11.8 Å². The van der Waals surface area contributed by atoms with Gasteiger partial charge in [-0.3, -0.25) is 9.69 Å². The van der Waals surface area contributed by atoms with Crippen molar-refractivity contribution in [2.75, 3.05) is 13.1 Å². The van der Waals surface area contributed by atoms with Crippen LogP contribution in [0.1, 0.15) is 56.4 Å². The summed E-state index contributed by atoms with van der Waals surface area (Å²) in [6, 6.07) is 11.3. The summed E-state index contributed by atoms with van der Waals surface area (Å²) in [5, 5.41) is 3.95. The minimum atomic E-state index is 0.0474. The quantitative estimate of drug-likeness (QED) is 0.783. The topological polar surface area (TPSA) is 62.5 Å². The average molecular weight is 368 g/mol. The van der Waals surface area contributed by atoms with E-state index in [1.807, 2.05) is 18.7 Å². The first-order valence-electron chi connectivity index (χ1n) is 10.1. The van der Waals surface area contributed by atoms with Crippen molar-refractivity contribution in [3.63, 3.8) is 0 Å². The predicted octanol–water partition coefficient (Wildman–Crippen LogP) is 3.21. The Morgan fingerprint density at radius 2 is 2.11 bits per heavy atom. The second kappa shape index (κ2) is 7.80. The monoisotopic (exact) mass is 368 g/mol. The van der Waals surface area contributed by atoms with Gasteiger partial charge in [-0.1, -0.05) is 42.4 Å². The summed E-state index contributed by atoms with van der Waals surface area (Å²) in [5.41, 5.74) is 1.33. The number of nitrogens with zero attached hydrogens (tertiary/aromatic N) is 4. The lowest BCUT2D eigenvalue weighted by molar-refractivity contribution is -0.137. The van der Waals surface area contributed by atoms with Crippen LogP contribution in [0, 0.1) is 5.92 Å². The van der Waals surface area contributed by atoms with Crippen LogP contribution in [0.15, 0.2) is 34.9 Å². The fourth-order valence-electron chi connectivity index (χ4n) is 4.68. The molecule has 2 aliphatic rings. The molecule has 2 saturated heterocycles. The second-order valence-corrected chi connectivity index (χ2v) is 7.53. The van der Waals surface area contributed by atoms with E-state index in [9.17, 15) is 4.79 Å². The number of aromatic nitrogens is 2. The van der Waals surface area contributed by atoms with Crippen LogP contribution in [-0.4, -0.2) is 45.0 Å². The van der Waals surface area contributed by atoms with Crippen LogP contribution in [0.4, 0.5) is 0 Å². The highest BCUT2D eigenvalue weighted by Gasteiger charge is 2.48. The average Bonchev–Trinajstić information content (AvgIpc) is 3.42. The van der Waals surface area contributed by atoms with E-state index in [1.54, 1.807) is 0 Å². The van der Waals surface area contributed by atoms with E-state index >= 15 is 0 Å². The van der Waals surface area contributed by atoms with Crippen molar-refractivity contribution in [3.05, 3.63) is 47.6 Å². The Hall–Kier alpha value is -2.21. The van der Waals surface area contributed by atoms with Gasteiger partial charge in [0.25, 0.3) is 0 Å². The minimum Gasteiger partial charge on any atom is -0.337 e. The third kappa shape index (κ3) is 3.50. The lowest BCUT2D eigenvalue weighted by Crippen LogP contribution is -2.40. The van der Waals surface area contributed by atoms with Crippen LogP contribution in [0.5, 0.6) is 0 Å². The molecule has 0 saturated carbocycles. The van der Waals surface area contributed by atoms with Gasteiger partial charge in [-0.15, -0.1) is 0 Å². The van der Waals surface area contributed by atoms with Crippen LogP contribution in [0.2, 0.25) is 0 Å². The van der Waals surface area contributed by atoms with Gasteiger partial charge in [0.1, 0.15) is 0 Å². The van der Waals surface area contributed by atoms with E-state index in [4.69, 9.17) is 4.52 Å². The summed E-state index contributed by atoms with van der Waals surface area (Å²) in [4.78, 5) is 22.2. The Bertz CT molecular complexity index is 775. The molecular formula is C21H28N4O2. The highest BCUT2D eigenvalue weighted by Crippen LogP contribution is 2.45. The molecule has 2 fully saturated rings. The van der Waals surface area contributed by atoms with Crippen molar-refractivity contribution in [2.45, 2.75) is 58.2 Å². The Morgan fingerprint density at radius 3 is 2.81 bits per heavy atom.